The van der Waals surface area contributed by atoms with Gasteiger partial charge in [0.05, 0.1) is 17.6 Å². The summed E-state index contributed by atoms with van der Waals surface area (Å²) in [5.74, 6) is -0.554. The van der Waals surface area contributed by atoms with Crippen molar-refractivity contribution in [1.82, 2.24) is 0 Å². The highest BCUT2D eigenvalue weighted by atomic mass is 16.6. The van der Waals surface area contributed by atoms with Crippen LogP contribution in [0.5, 0.6) is 0 Å². The van der Waals surface area contributed by atoms with Gasteiger partial charge in [0.25, 0.3) is 5.91 Å². The lowest BCUT2D eigenvalue weighted by Crippen LogP contribution is -2.43. The second-order valence-electron chi connectivity index (χ2n) is 7.43. The number of carbonyl (C=O) groups excluding carboxylic acids is 2. The zero-order valence-corrected chi connectivity index (χ0v) is 15.7. The molecule has 140 valence electrons. The summed E-state index contributed by atoms with van der Waals surface area (Å²) < 4.78 is 0. The Hall–Kier alpha value is -3.15. The lowest BCUT2D eigenvalue weighted by atomic mass is 9.87. The molecule has 1 heterocycles. The van der Waals surface area contributed by atoms with Gasteiger partial charge in [0.2, 0.25) is 5.91 Å². The number of hydrogen-bond donors (Lipinski definition) is 1. The summed E-state index contributed by atoms with van der Waals surface area (Å²) in [4.78, 5) is 30.7. The lowest BCUT2D eigenvalue weighted by Gasteiger charge is -2.28. The van der Waals surface area contributed by atoms with Gasteiger partial charge in [-0.1, -0.05) is 62.3 Å². The van der Waals surface area contributed by atoms with E-state index in [1.54, 1.807) is 24.4 Å². The molecule has 3 rings (SSSR count). The van der Waals surface area contributed by atoms with E-state index in [0.29, 0.717) is 11.4 Å². The first kappa shape index (κ1) is 18.6. The van der Waals surface area contributed by atoms with Crippen molar-refractivity contribution in [2.24, 2.45) is 5.16 Å². The molecule has 1 aliphatic rings. The average molecular weight is 365 g/mol. The Labute approximate surface area is 158 Å². The van der Waals surface area contributed by atoms with Gasteiger partial charge in [-0.25, -0.2) is 0 Å². The summed E-state index contributed by atoms with van der Waals surface area (Å²) in [6.45, 7) is 6.20. The van der Waals surface area contributed by atoms with Crippen molar-refractivity contribution in [3.05, 3.63) is 59.7 Å². The van der Waals surface area contributed by atoms with E-state index >= 15 is 0 Å². The molecule has 2 amide bonds. The van der Waals surface area contributed by atoms with Crippen LogP contribution in [0.1, 0.15) is 31.9 Å². The second kappa shape index (κ2) is 7.61. The van der Waals surface area contributed by atoms with Crippen molar-refractivity contribution in [3.8, 4) is 0 Å². The molecule has 2 aromatic carbocycles. The van der Waals surface area contributed by atoms with E-state index in [4.69, 9.17) is 4.84 Å². The van der Waals surface area contributed by atoms with E-state index in [2.05, 4.69) is 43.4 Å². The third-order valence-electron chi connectivity index (χ3n) is 4.31. The SMILES string of the molecule is CC(C)(C)c1ccc(/C=N\OCC(=O)N2CC(=O)Nc3ccccc32)cc1. The zero-order chi connectivity index (χ0) is 19.4. The first-order chi connectivity index (χ1) is 12.8. The minimum absolute atomic E-state index is 0.0306. The largest absolute Gasteiger partial charge is 0.386 e. The Bertz CT molecular complexity index is 867. The van der Waals surface area contributed by atoms with Crippen LogP contribution in [-0.4, -0.2) is 31.2 Å². The minimum Gasteiger partial charge on any atom is -0.386 e. The molecule has 27 heavy (non-hydrogen) atoms. The molecule has 0 fully saturated rings. The Balaban J connectivity index is 1.58. The van der Waals surface area contributed by atoms with Gasteiger partial charge in [-0.15, -0.1) is 0 Å². The molecule has 0 bridgehead atoms. The van der Waals surface area contributed by atoms with E-state index in [1.165, 1.54) is 10.5 Å². The van der Waals surface area contributed by atoms with E-state index in [0.717, 1.165) is 5.56 Å². The number of rotatable bonds is 4. The third kappa shape index (κ3) is 4.53. The molecule has 6 nitrogen and oxygen atoms in total. The highest BCUT2D eigenvalue weighted by molar-refractivity contribution is 6.10. The lowest BCUT2D eigenvalue weighted by molar-refractivity contribution is -0.125. The van der Waals surface area contributed by atoms with Crippen LogP contribution in [0, 0.1) is 0 Å². The fraction of sp³-hybridized carbons (Fsp3) is 0.286. The number of oxime groups is 1. The number of carbonyl (C=O) groups is 2. The Morgan fingerprint density at radius 1 is 1.19 bits per heavy atom. The second-order valence-corrected chi connectivity index (χ2v) is 7.43. The topological polar surface area (TPSA) is 71.0 Å². The van der Waals surface area contributed by atoms with Gasteiger partial charge in [-0.2, -0.15) is 0 Å². The first-order valence-electron chi connectivity index (χ1n) is 8.80. The van der Waals surface area contributed by atoms with Crippen LogP contribution in [0.4, 0.5) is 11.4 Å². The van der Waals surface area contributed by atoms with Crippen molar-refractivity contribution >= 4 is 29.4 Å². The van der Waals surface area contributed by atoms with Crippen molar-refractivity contribution in [3.63, 3.8) is 0 Å². The fourth-order valence-electron chi connectivity index (χ4n) is 2.79. The fourth-order valence-corrected chi connectivity index (χ4v) is 2.79. The van der Waals surface area contributed by atoms with Crippen molar-refractivity contribution in [2.75, 3.05) is 23.4 Å². The Morgan fingerprint density at radius 2 is 1.89 bits per heavy atom. The Morgan fingerprint density at radius 3 is 2.59 bits per heavy atom. The maximum atomic E-state index is 12.4. The van der Waals surface area contributed by atoms with Gasteiger partial charge in [-0.05, 0) is 28.7 Å². The summed E-state index contributed by atoms with van der Waals surface area (Å²) >= 11 is 0. The first-order valence-corrected chi connectivity index (χ1v) is 8.80. The standard InChI is InChI=1S/C21H23N3O3/c1-21(2,3)16-10-8-15(9-11-16)12-22-27-14-20(26)24-13-19(25)23-17-6-4-5-7-18(17)24/h4-12H,13-14H2,1-3H3,(H,23,25)/b22-12-. The maximum absolute atomic E-state index is 12.4. The van der Waals surface area contributed by atoms with Crippen LogP contribution in [0.3, 0.4) is 0 Å². The molecule has 0 atom stereocenters. The number of fused-ring (bicyclic) bond motifs is 1. The molecule has 0 unspecified atom stereocenters. The van der Waals surface area contributed by atoms with Gasteiger partial charge in [0, 0.05) is 0 Å². The van der Waals surface area contributed by atoms with Crippen molar-refractivity contribution in [1.29, 1.82) is 0 Å². The molecule has 6 heteroatoms. The molecule has 1 N–H and O–H groups in total. The quantitative estimate of drug-likeness (QED) is 0.667. The van der Waals surface area contributed by atoms with Crippen molar-refractivity contribution in [2.45, 2.75) is 26.2 Å². The van der Waals surface area contributed by atoms with E-state index in [1.807, 2.05) is 18.2 Å². The monoisotopic (exact) mass is 365 g/mol. The summed E-state index contributed by atoms with van der Waals surface area (Å²) in [6.07, 6.45) is 1.57. The summed E-state index contributed by atoms with van der Waals surface area (Å²) in [5, 5.41) is 6.62. The number of anilines is 2. The summed E-state index contributed by atoms with van der Waals surface area (Å²) in [7, 11) is 0. The number of benzene rings is 2. The van der Waals surface area contributed by atoms with Gasteiger partial charge in [0.15, 0.2) is 6.61 Å². The molecule has 0 aromatic heterocycles. The molecule has 0 radical (unpaired) electrons. The highest BCUT2D eigenvalue weighted by Crippen LogP contribution is 2.28. The smallest absolute Gasteiger partial charge is 0.268 e. The van der Waals surface area contributed by atoms with E-state index in [9.17, 15) is 9.59 Å². The molecule has 2 aromatic rings. The van der Waals surface area contributed by atoms with Gasteiger partial charge in [-0.3, -0.25) is 14.5 Å². The summed E-state index contributed by atoms with van der Waals surface area (Å²) in [6, 6.07) is 15.2. The number of para-hydroxylation sites is 2. The highest BCUT2D eigenvalue weighted by Gasteiger charge is 2.26. The van der Waals surface area contributed by atoms with Crippen LogP contribution in [0.15, 0.2) is 53.7 Å². The van der Waals surface area contributed by atoms with Crippen LogP contribution in [0.2, 0.25) is 0 Å². The average Bonchev–Trinajstić information content (AvgIpc) is 2.64. The third-order valence-corrected chi connectivity index (χ3v) is 4.31. The number of hydrogen-bond acceptors (Lipinski definition) is 4. The normalized spacial score (nSPS) is 14.0. The number of nitrogens with zero attached hydrogens (tertiary/aromatic N) is 2. The zero-order valence-electron chi connectivity index (χ0n) is 15.7. The van der Waals surface area contributed by atoms with Gasteiger partial charge in [0.1, 0.15) is 6.54 Å². The molecule has 0 spiro atoms. The van der Waals surface area contributed by atoms with Crippen LogP contribution < -0.4 is 10.2 Å². The molecular formula is C21H23N3O3. The minimum atomic E-state index is -0.322. The summed E-state index contributed by atoms with van der Waals surface area (Å²) in [5.41, 5.74) is 3.49. The number of nitrogens with one attached hydrogen (secondary N) is 1. The van der Waals surface area contributed by atoms with Gasteiger partial charge >= 0.3 is 0 Å². The molecule has 0 saturated carbocycles. The van der Waals surface area contributed by atoms with Crippen LogP contribution in [0.25, 0.3) is 0 Å². The predicted molar refractivity (Wildman–Crippen MR) is 106 cm³/mol. The van der Waals surface area contributed by atoms with Crippen molar-refractivity contribution < 1.29 is 14.4 Å². The molecule has 1 aliphatic heterocycles. The van der Waals surface area contributed by atoms with Gasteiger partial charge < -0.3 is 10.2 Å². The van der Waals surface area contributed by atoms with E-state index < -0.39 is 0 Å². The molecular weight excluding hydrogens is 342 g/mol. The maximum Gasteiger partial charge on any atom is 0.268 e. The van der Waals surface area contributed by atoms with Crippen LogP contribution in [-0.2, 0) is 19.8 Å². The molecule has 0 aliphatic carbocycles. The Kier molecular flexibility index (Phi) is 5.26. The van der Waals surface area contributed by atoms with Crippen LogP contribution >= 0.6 is 0 Å². The number of amides is 2. The predicted octanol–water partition coefficient (Wildman–Crippen LogP) is 3.32. The molecule has 0 saturated heterocycles. The van der Waals surface area contributed by atoms with E-state index in [-0.39, 0.29) is 30.4 Å².